The summed E-state index contributed by atoms with van der Waals surface area (Å²) < 4.78 is 35.0. The Balaban J connectivity index is 4.17. The minimum Gasteiger partial charge on any atom is -0.457 e. The normalized spacial score (nSPS) is 13.8. The van der Waals surface area contributed by atoms with Crippen LogP contribution in [0.5, 0.6) is 0 Å². The van der Waals surface area contributed by atoms with Crippen LogP contribution in [0.2, 0.25) is 0 Å². The number of allylic oxidation sites excluding steroid dienone is 2. The van der Waals surface area contributed by atoms with E-state index in [9.17, 15) is 14.3 Å². The van der Waals surface area contributed by atoms with Crippen molar-refractivity contribution in [2.75, 3.05) is 54.1 Å². The standard InChI is InChI=1S/C45H90NO7P/c1-6-8-10-12-14-16-18-20-22-23-24-25-27-29-31-33-35-37-40-50-42-44(43-52-54(48,49)51-41-39-46(3,4)5)53-45(47)38-36-34-32-30-28-26-21-19-17-15-13-11-9-7-2/h19,21,44H,6-18,20,22-43H2,1-5H3/p+1/b21-19-. The van der Waals surface area contributed by atoms with Gasteiger partial charge in [0.15, 0.2) is 0 Å². The van der Waals surface area contributed by atoms with Gasteiger partial charge < -0.3 is 18.9 Å². The smallest absolute Gasteiger partial charge is 0.457 e. The third-order valence-electron chi connectivity index (χ3n) is 10.1. The molecule has 0 amide bonds. The number of ether oxygens (including phenoxy) is 2. The van der Waals surface area contributed by atoms with Crippen molar-refractivity contribution in [3.8, 4) is 0 Å². The molecule has 54 heavy (non-hydrogen) atoms. The van der Waals surface area contributed by atoms with Gasteiger partial charge in [-0.15, -0.1) is 0 Å². The van der Waals surface area contributed by atoms with Gasteiger partial charge >= 0.3 is 13.8 Å². The lowest BCUT2D eigenvalue weighted by Gasteiger charge is -2.24. The first-order valence-corrected chi connectivity index (χ1v) is 24.4. The molecule has 322 valence electrons. The summed E-state index contributed by atoms with van der Waals surface area (Å²) in [7, 11) is 1.67. The van der Waals surface area contributed by atoms with Crippen LogP contribution < -0.4 is 0 Å². The lowest BCUT2D eigenvalue weighted by Crippen LogP contribution is -2.37. The first-order chi connectivity index (χ1) is 26.1. The zero-order chi connectivity index (χ0) is 39.9. The van der Waals surface area contributed by atoms with Crippen LogP contribution in [-0.2, 0) is 27.9 Å². The average Bonchev–Trinajstić information content (AvgIpc) is 3.12. The molecule has 9 heteroatoms. The number of rotatable bonds is 43. The molecule has 0 aliphatic carbocycles. The summed E-state index contributed by atoms with van der Waals surface area (Å²) in [5, 5.41) is 0. The van der Waals surface area contributed by atoms with Gasteiger partial charge in [0.1, 0.15) is 19.3 Å². The van der Waals surface area contributed by atoms with E-state index in [1.165, 1.54) is 154 Å². The lowest BCUT2D eigenvalue weighted by atomic mass is 10.0. The molecule has 0 heterocycles. The highest BCUT2D eigenvalue weighted by Crippen LogP contribution is 2.43. The zero-order valence-corrected chi connectivity index (χ0v) is 37.4. The predicted molar refractivity (Wildman–Crippen MR) is 229 cm³/mol. The summed E-state index contributed by atoms with van der Waals surface area (Å²) in [6, 6.07) is 0. The topological polar surface area (TPSA) is 91.3 Å². The first-order valence-electron chi connectivity index (χ1n) is 22.9. The molecule has 0 aromatic heterocycles. The van der Waals surface area contributed by atoms with Gasteiger partial charge in [-0.1, -0.05) is 180 Å². The van der Waals surface area contributed by atoms with Crippen molar-refractivity contribution in [2.24, 2.45) is 0 Å². The van der Waals surface area contributed by atoms with E-state index in [1.807, 2.05) is 21.1 Å². The third kappa shape index (κ3) is 42.4. The maximum absolute atomic E-state index is 12.7. The Morgan fingerprint density at radius 2 is 0.963 bits per heavy atom. The fourth-order valence-electron chi connectivity index (χ4n) is 6.49. The molecule has 0 radical (unpaired) electrons. The summed E-state index contributed by atoms with van der Waals surface area (Å²) in [5.74, 6) is -0.319. The monoisotopic (exact) mass is 789 g/mol. The minimum absolute atomic E-state index is 0.0903. The van der Waals surface area contributed by atoms with Crippen LogP contribution in [0.1, 0.15) is 213 Å². The van der Waals surface area contributed by atoms with Crippen molar-refractivity contribution < 1.29 is 37.3 Å². The van der Waals surface area contributed by atoms with Crippen LogP contribution in [0, 0.1) is 0 Å². The fraction of sp³-hybridized carbons (Fsp3) is 0.933. The molecule has 0 aromatic rings. The lowest BCUT2D eigenvalue weighted by molar-refractivity contribution is -0.870. The SMILES string of the molecule is CCCCCCC/C=C\CCCCCCCC(=O)OC(COCCCCCCCCCCCCCCCCCCCC)COP(=O)(O)OCC[N+](C)(C)C. The number of phosphoric ester groups is 1. The molecule has 0 saturated carbocycles. The van der Waals surface area contributed by atoms with Crippen LogP contribution in [0.3, 0.4) is 0 Å². The number of hydrogen-bond acceptors (Lipinski definition) is 6. The van der Waals surface area contributed by atoms with E-state index >= 15 is 0 Å². The highest BCUT2D eigenvalue weighted by Gasteiger charge is 2.26. The molecule has 0 rings (SSSR count). The number of nitrogens with zero attached hydrogens (tertiary/aromatic N) is 1. The van der Waals surface area contributed by atoms with E-state index in [1.54, 1.807) is 0 Å². The second kappa shape index (κ2) is 39.1. The summed E-state index contributed by atoms with van der Waals surface area (Å²) in [5.41, 5.74) is 0. The second-order valence-electron chi connectivity index (χ2n) is 16.8. The van der Waals surface area contributed by atoms with E-state index in [4.69, 9.17) is 18.5 Å². The van der Waals surface area contributed by atoms with E-state index in [2.05, 4.69) is 26.0 Å². The third-order valence-corrected chi connectivity index (χ3v) is 11.1. The van der Waals surface area contributed by atoms with Crippen molar-refractivity contribution in [3.05, 3.63) is 12.2 Å². The molecule has 0 aliphatic rings. The molecular weight excluding hydrogens is 697 g/mol. The maximum Gasteiger partial charge on any atom is 0.472 e. The largest absolute Gasteiger partial charge is 0.472 e. The van der Waals surface area contributed by atoms with Crippen LogP contribution in [-0.4, -0.2) is 75.6 Å². The van der Waals surface area contributed by atoms with Crippen LogP contribution in [0.4, 0.5) is 0 Å². The molecule has 0 aromatic carbocycles. The van der Waals surface area contributed by atoms with Crippen LogP contribution in [0.15, 0.2) is 12.2 Å². The maximum atomic E-state index is 12.7. The van der Waals surface area contributed by atoms with Gasteiger partial charge in [0.05, 0.1) is 34.4 Å². The molecule has 2 unspecified atom stereocenters. The quantitative estimate of drug-likeness (QED) is 0.0216. The Kier molecular flexibility index (Phi) is 38.5. The Hall–Kier alpha value is -0.760. The zero-order valence-electron chi connectivity index (χ0n) is 36.5. The number of quaternary nitrogens is 1. The highest BCUT2D eigenvalue weighted by molar-refractivity contribution is 7.47. The number of carbonyl (C=O) groups excluding carboxylic acids is 1. The van der Waals surface area contributed by atoms with Gasteiger partial charge in [-0.25, -0.2) is 4.57 Å². The predicted octanol–water partition coefficient (Wildman–Crippen LogP) is 13.4. The van der Waals surface area contributed by atoms with Gasteiger partial charge in [0.2, 0.25) is 0 Å². The Morgan fingerprint density at radius 1 is 0.556 bits per heavy atom. The molecule has 8 nitrogen and oxygen atoms in total. The molecule has 0 bridgehead atoms. The number of carbonyl (C=O) groups is 1. The molecule has 0 spiro atoms. The van der Waals surface area contributed by atoms with Crippen molar-refractivity contribution in [3.63, 3.8) is 0 Å². The Bertz CT molecular complexity index is 879. The van der Waals surface area contributed by atoms with Gasteiger partial charge in [0, 0.05) is 13.0 Å². The molecule has 0 fully saturated rings. The van der Waals surface area contributed by atoms with Gasteiger partial charge in [-0.3, -0.25) is 13.8 Å². The van der Waals surface area contributed by atoms with Crippen LogP contribution in [0.25, 0.3) is 0 Å². The second-order valence-corrected chi connectivity index (χ2v) is 18.2. The van der Waals surface area contributed by atoms with E-state index in [-0.39, 0.29) is 25.8 Å². The van der Waals surface area contributed by atoms with Crippen molar-refractivity contribution >= 4 is 13.8 Å². The Morgan fingerprint density at radius 3 is 1.41 bits per heavy atom. The van der Waals surface area contributed by atoms with Crippen molar-refractivity contribution in [1.29, 1.82) is 0 Å². The van der Waals surface area contributed by atoms with Gasteiger partial charge in [0.25, 0.3) is 0 Å². The van der Waals surface area contributed by atoms with E-state index < -0.39 is 13.9 Å². The molecule has 0 saturated heterocycles. The number of unbranched alkanes of at least 4 members (excludes halogenated alkanes) is 27. The van der Waals surface area contributed by atoms with Crippen molar-refractivity contribution in [1.82, 2.24) is 0 Å². The van der Waals surface area contributed by atoms with E-state index in [0.717, 1.165) is 38.5 Å². The number of esters is 1. The summed E-state index contributed by atoms with van der Waals surface area (Å²) >= 11 is 0. The van der Waals surface area contributed by atoms with Crippen LogP contribution >= 0.6 is 7.82 Å². The van der Waals surface area contributed by atoms with Gasteiger partial charge in [-0.2, -0.15) is 0 Å². The van der Waals surface area contributed by atoms with E-state index in [0.29, 0.717) is 24.1 Å². The minimum atomic E-state index is -4.27. The fourth-order valence-corrected chi connectivity index (χ4v) is 7.23. The Labute approximate surface area is 335 Å². The highest BCUT2D eigenvalue weighted by atomic mass is 31.2. The molecular formula is C45H91NO7P+. The summed E-state index contributed by atoms with van der Waals surface area (Å²) in [6.45, 7) is 5.65. The molecule has 2 atom stereocenters. The van der Waals surface area contributed by atoms with Crippen molar-refractivity contribution in [2.45, 2.75) is 219 Å². The first kappa shape index (κ1) is 53.2. The number of phosphoric acid groups is 1. The molecule has 0 aliphatic heterocycles. The number of likely N-dealkylation sites (N-methyl/N-ethyl adjacent to an activating group) is 1. The summed E-state index contributed by atoms with van der Waals surface area (Å²) in [4.78, 5) is 22.9. The average molecular weight is 789 g/mol. The number of hydrogen-bond donors (Lipinski definition) is 1. The van der Waals surface area contributed by atoms with Gasteiger partial charge in [-0.05, 0) is 38.5 Å². The molecule has 1 N–H and O–H groups in total. The summed E-state index contributed by atoms with van der Waals surface area (Å²) in [6.07, 6.45) is 42.4.